The van der Waals surface area contributed by atoms with Crippen LogP contribution in [0.4, 0.5) is 0 Å². The molecule has 108 valence electrons. The largest absolute Gasteiger partial charge is 0.327 e. The van der Waals surface area contributed by atoms with Crippen molar-refractivity contribution < 1.29 is 0 Å². The molecule has 1 atom stereocenters. The summed E-state index contributed by atoms with van der Waals surface area (Å²) in [7, 11) is 0. The highest BCUT2D eigenvalue weighted by Crippen LogP contribution is 2.23. The lowest BCUT2D eigenvalue weighted by Gasteiger charge is -2.16. The van der Waals surface area contributed by atoms with E-state index in [1.807, 2.05) is 12.4 Å². The number of halogens is 1. The second-order valence-corrected chi connectivity index (χ2v) is 6.02. The van der Waals surface area contributed by atoms with Crippen molar-refractivity contribution >= 4 is 15.9 Å². The van der Waals surface area contributed by atoms with Crippen molar-refractivity contribution in [2.24, 2.45) is 5.73 Å². The van der Waals surface area contributed by atoms with Gasteiger partial charge in [0.1, 0.15) is 5.82 Å². The number of nitrogens with two attached hydrogens (primary N) is 1. The molecule has 0 bridgehead atoms. The van der Waals surface area contributed by atoms with Crippen molar-refractivity contribution in [3.05, 3.63) is 46.5 Å². The number of nitrogens with zero attached hydrogens (tertiary/aromatic N) is 2. The van der Waals surface area contributed by atoms with E-state index in [9.17, 15) is 0 Å². The van der Waals surface area contributed by atoms with Gasteiger partial charge in [0.25, 0.3) is 0 Å². The van der Waals surface area contributed by atoms with Gasteiger partial charge < -0.3 is 10.3 Å². The van der Waals surface area contributed by atoms with Crippen molar-refractivity contribution in [3.8, 4) is 5.69 Å². The van der Waals surface area contributed by atoms with Crippen LogP contribution in [0.15, 0.2) is 35.1 Å². The summed E-state index contributed by atoms with van der Waals surface area (Å²) in [6.07, 6.45) is 7.86. The number of aryl methyl sites for hydroxylation is 1. The zero-order chi connectivity index (χ0) is 14.5. The summed E-state index contributed by atoms with van der Waals surface area (Å²) in [6.45, 7) is 4.30. The fourth-order valence-corrected chi connectivity index (χ4v) is 2.67. The molecule has 0 aliphatic heterocycles. The summed E-state index contributed by atoms with van der Waals surface area (Å²) < 4.78 is 3.27. The highest BCUT2D eigenvalue weighted by atomic mass is 79.9. The molecule has 0 radical (unpaired) electrons. The molecule has 1 heterocycles. The van der Waals surface area contributed by atoms with E-state index >= 15 is 0 Å². The molecule has 2 aromatic rings. The standard InChI is InChI=1S/C16H22BrN3/c1-3-5-16-19-8-9-20(16)15-11-13(17)7-6-12(15)10-14(18)4-2/h6-9,11,14H,3-5,10,18H2,1-2H3. The SMILES string of the molecule is CCCc1nccn1-c1cc(Br)ccc1CC(N)CC. The molecule has 2 rings (SSSR count). The molecule has 20 heavy (non-hydrogen) atoms. The minimum atomic E-state index is 0.202. The van der Waals surface area contributed by atoms with E-state index < -0.39 is 0 Å². The molecule has 0 aliphatic carbocycles. The van der Waals surface area contributed by atoms with Crippen LogP contribution in [0, 0.1) is 0 Å². The third-order valence-corrected chi connectivity index (χ3v) is 4.00. The van der Waals surface area contributed by atoms with Crippen LogP contribution in [0.1, 0.15) is 38.1 Å². The van der Waals surface area contributed by atoms with Crippen LogP contribution in [0.3, 0.4) is 0 Å². The molecule has 0 saturated carbocycles. The summed E-state index contributed by atoms with van der Waals surface area (Å²) in [5.74, 6) is 1.11. The van der Waals surface area contributed by atoms with E-state index in [0.29, 0.717) is 0 Å². The predicted octanol–water partition coefficient (Wildman–Crippen LogP) is 3.87. The van der Waals surface area contributed by atoms with Gasteiger partial charge in [-0.1, -0.05) is 35.8 Å². The van der Waals surface area contributed by atoms with Crippen LogP contribution in [-0.2, 0) is 12.8 Å². The molecule has 0 saturated heterocycles. The summed E-state index contributed by atoms with van der Waals surface area (Å²) in [4.78, 5) is 4.47. The van der Waals surface area contributed by atoms with E-state index in [1.54, 1.807) is 0 Å². The molecule has 3 nitrogen and oxygen atoms in total. The lowest BCUT2D eigenvalue weighted by Crippen LogP contribution is -2.22. The number of aromatic nitrogens is 2. The van der Waals surface area contributed by atoms with Crippen molar-refractivity contribution in [1.82, 2.24) is 9.55 Å². The second kappa shape index (κ2) is 7.04. The Labute approximate surface area is 129 Å². The molecule has 0 amide bonds. The summed E-state index contributed by atoms with van der Waals surface area (Å²) >= 11 is 3.56. The maximum absolute atomic E-state index is 6.13. The molecule has 4 heteroatoms. The van der Waals surface area contributed by atoms with Crippen molar-refractivity contribution in [2.45, 2.75) is 45.6 Å². The quantitative estimate of drug-likeness (QED) is 0.870. The Hall–Kier alpha value is -1.13. The monoisotopic (exact) mass is 335 g/mol. The summed E-state index contributed by atoms with van der Waals surface area (Å²) in [5, 5.41) is 0. The average Bonchev–Trinajstić information content (AvgIpc) is 2.89. The van der Waals surface area contributed by atoms with Gasteiger partial charge in [0.2, 0.25) is 0 Å². The van der Waals surface area contributed by atoms with Gasteiger partial charge in [-0.15, -0.1) is 0 Å². The minimum absolute atomic E-state index is 0.202. The van der Waals surface area contributed by atoms with Crippen LogP contribution in [0.2, 0.25) is 0 Å². The van der Waals surface area contributed by atoms with Crippen molar-refractivity contribution in [3.63, 3.8) is 0 Å². The normalized spacial score (nSPS) is 12.6. The van der Waals surface area contributed by atoms with Crippen LogP contribution in [0.5, 0.6) is 0 Å². The first-order valence-corrected chi connectivity index (χ1v) is 8.01. The predicted molar refractivity (Wildman–Crippen MR) is 87.2 cm³/mol. The van der Waals surface area contributed by atoms with Crippen molar-refractivity contribution in [1.29, 1.82) is 0 Å². The van der Waals surface area contributed by atoms with Gasteiger partial charge in [-0.25, -0.2) is 4.98 Å². The van der Waals surface area contributed by atoms with Crippen LogP contribution >= 0.6 is 15.9 Å². The Balaban J connectivity index is 2.42. The summed E-state index contributed by atoms with van der Waals surface area (Å²) in [5.41, 5.74) is 8.59. The van der Waals surface area contributed by atoms with Gasteiger partial charge in [-0.05, 0) is 37.0 Å². The van der Waals surface area contributed by atoms with Gasteiger partial charge in [0.05, 0.1) is 5.69 Å². The third-order valence-electron chi connectivity index (χ3n) is 3.50. The molecule has 1 aromatic heterocycles. The topological polar surface area (TPSA) is 43.8 Å². The van der Waals surface area contributed by atoms with E-state index in [2.05, 4.69) is 57.5 Å². The Morgan fingerprint density at radius 1 is 1.35 bits per heavy atom. The molecular formula is C16H22BrN3. The smallest absolute Gasteiger partial charge is 0.113 e. The van der Waals surface area contributed by atoms with Gasteiger partial charge in [0.15, 0.2) is 0 Å². The maximum atomic E-state index is 6.13. The van der Waals surface area contributed by atoms with Crippen LogP contribution < -0.4 is 5.73 Å². The zero-order valence-electron chi connectivity index (χ0n) is 12.1. The van der Waals surface area contributed by atoms with E-state index in [0.717, 1.165) is 36.0 Å². The Morgan fingerprint density at radius 2 is 2.15 bits per heavy atom. The second-order valence-electron chi connectivity index (χ2n) is 5.11. The maximum Gasteiger partial charge on any atom is 0.113 e. The highest BCUT2D eigenvalue weighted by molar-refractivity contribution is 9.10. The Bertz CT molecular complexity index is 563. The lowest BCUT2D eigenvalue weighted by atomic mass is 10.0. The lowest BCUT2D eigenvalue weighted by molar-refractivity contribution is 0.643. The van der Waals surface area contributed by atoms with Gasteiger partial charge in [-0.3, -0.25) is 0 Å². The fourth-order valence-electron chi connectivity index (χ4n) is 2.32. The third kappa shape index (κ3) is 3.49. The molecule has 1 aromatic carbocycles. The minimum Gasteiger partial charge on any atom is -0.327 e. The van der Waals surface area contributed by atoms with Gasteiger partial charge in [0, 0.05) is 29.3 Å². The van der Waals surface area contributed by atoms with Gasteiger partial charge >= 0.3 is 0 Å². The molecular weight excluding hydrogens is 314 g/mol. The number of hydrogen-bond acceptors (Lipinski definition) is 2. The van der Waals surface area contributed by atoms with E-state index in [-0.39, 0.29) is 6.04 Å². The van der Waals surface area contributed by atoms with E-state index in [1.165, 1.54) is 11.3 Å². The molecule has 0 spiro atoms. The first kappa shape index (κ1) is 15.3. The zero-order valence-corrected chi connectivity index (χ0v) is 13.7. The average molecular weight is 336 g/mol. The molecule has 1 unspecified atom stereocenters. The molecule has 2 N–H and O–H groups in total. The number of benzene rings is 1. The molecule has 0 fully saturated rings. The van der Waals surface area contributed by atoms with E-state index in [4.69, 9.17) is 5.73 Å². The first-order chi connectivity index (χ1) is 9.65. The number of imidazole rings is 1. The van der Waals surface area contributed by atoms with Crippen LogP contribution in [0.25, 0.3) is 5.69 Å². The van der Waals surface area contributed by atoms with Crippen molar-refractivity contribution in [2.75, 3.05) is 0 Å². The number of rotatable bonds is 6. The number of hydrogen-bond donors (Lipinski definition) is 1. The van der Waals surface area contributed by atoms with Gasteiger partial charge in [-0.2, -0.15) is 0 Å². The van der Waals surface area contributed by atoms with Crippen LogP contribution in [-0.4, -0.2) is 15.6 Å². The highest BCUT2D eigenvalue weighted by Gasteiger charge is 2.12. The molecule has 0 aliphatic rings. The Kier molecular flexibility index (Phi) is 5.38. The first-order valence-electron chi connectivity index (χ1n) is 7.22. The summed E-state index contributed by atoms with van der Waals surface area (Å²) in [6, 6.07) is 6.59. The Morgan fingerprint density at radius 3 is 2.85 bits per heavy atom. The fraction of sp³-hybridized carbons (Fsp3) is 0.438.